The fourth-order valence-corrected chi connectivity index (χ4v) is 2.40. The van der Waals surface area contributed by atoms with Gasteiger partial charge in [0.25, 0.3) is 0 Å². The third kappa shape index (κ3) is 2.45. The van der Waals surface area contributed by atoms with Crippen LogP contribution in [0.15, 0.2) is 30.3 Å². The Hall–Kier alpha value is -1.46. The number of hydrogen-bond acceptors (Lipinski definition) is 3. The lowest BCUT2D eigenvalue weighted by Crippen LogP contribution is -2.05. The summed E-state index contributed by atoms with van der Waals surface area (Å²) in [5, 5.41) is 11.0. The lowest BCUT2D eigenvalue weighted by atomic mass is 10.0. The molecule has 0 aliphatic heterocycles. The molecule has 0 spiro atoms. The highest BCUT2D eigenvalue weighted by atomic mass is 35.7. The maximum atomic E-state index is 11.0. The van der Waals surface area contributed by atoms with Crippen molar-refractivity contribution in [1.29, 1.82) is 0 Å². The Bertz CT molecular complexity index is 682. The van der Waals surface area contributed by atoms with Crippen molar-refractivity contribution in [2.75, 3.05) is 4.72 Å². The zero-order valence-electron chi connectivity index (χ0n) is 8.94. The van der Waals surface area contributed by atoms with Crippen molar-refractivity contribution in [1.82, 2.24) is 0 Å². The van der Waals surface area contributed by atoms with Crippen LogP contribution >= 0.6 is 10.7 Å². The molecule has 0 saturated carbocycles. The molecule has 0 radical (unpaired) electrons. The topological polar surface area (TPSA) is 66.4 Å². The average molecular weight is 272 g/mol. The highest BCUT2D eigenvalue weighted by molar-refractivity contribution is 8.14. The van der Waals surface area contributed by atoms with Crippen LogP contribution in [0.5, 0.6) is 5.75 Å². The van der Waals surface area contributed by atoms with E-state index in [2.05, 4.69) is 4.72 Å². The Kier molecular flexibility index (Phi) is 2.89. The zero-order chi connectivity index (χ0) is 12.6. The smallest absolute Gasteiger partial charge is 0.319 e. The molecule has 2 aromatic rings. The second-order valence-electron chi connectivity index (χ2n) is 3.68. The summed E-state index contributed by atoms with van der Waals surface area (Å²) in [4.78, 5) is 0. The Balaban J connectivity index is 2.76. The summed E-state index contributed by atoms with van der Waals surface area (Å²) in [6.45, 7) is 1.69. The van der Waals surface area contributed by atoms with E-state index in [0.717, 1.165) is 0 Å². The van der Waals surface area contributed by atoms with Crippen molar-refractivity contribution >= 4 is 36.4 Å². The first-order valence-corrected chi connectivity index (χ1v) is 7.13. The van der Waals surface area contributed by atoms with Crippen LogP contribution in [0.2, 0.25) is 0 Å². The van der Waals surface area contributed by atoms with Crippen LogP contribution < -0.4 is 4.72 Å². The predicted octanol–water partition coefficient (Wildman–Crippen LogP) is 2.75. The molecule has 0 atom stereocenters. The first-order chi connectivity index (χ1) is 7.88. The highest BCUT2D eigenvalue weighted by Crippen LogP contribution is 2.34. The summed E-state index contributed by atoms with van der Waals surface area (Å²) in [5.74, 6) is 0.137. The summed E-state index contributed by atoms with van der Waals surface area (Å²) in [7, 11) is 1.30. The molecule has 90 valence electrons. The fraction of sp³-hybridized carbons (Fsp3) is 0.0909. The third-order valence-electron chi connectivity index (χ3n) is 2.44. The molecule has 0 aliphatic carbocycles. The summed E-state index contributed by atoms with van der Waals surface area (Å²) < 4.78 is 24.3. The van der Waals surface area contributed by atoms with E-state index in [-0.39, 0.29) is 5.75 Å². The number of phenolic OH excluding ortho intramolecular Hbond substituents is 1. The van der Waals surface area contributed by atoms with Crippen molar-refractivity contribution in [2.24, 2.45) is 0 Å². The molecule has 2 N–H and O–H groups in total. The number of nitrogens with one attached hydrogen (secondary N) is 1. The molecule has 2 rings (SSSR count). The van der Waals surface area contributed by atoms with Gasteiger partial charge in [-0.15, -0.1) is 0 Å². The molecule has 17 heavy (non-hydrogen) atoms. The summed E-state index contributed by atoms with van der Waals surface area (Å²) in [5.41, 5.74) is 0.928. The minimum atomic E-state index is -3.86. The average Bonchev–Trinajstić information content (AvgIpc) is 2.24. The second kappa shape index (κ2) is 4.09. The quantitative estimate of drug-likeness (QED) is 0.652. The number of fused-ring (bicyclic) bond motifs is 1. The summed E-state index contributed by atoms with van der Waals surface area (Å²) in [6, 6.07) is 8.48. The number of phenols is 1. The van der Waals surface area contributed by atoms with Crippen molar-refractivity contribution < 1.29 is 13.5 Å². The van der Waals surface area contributed by atoms with Gasteiger partial charge >= 0.3 is 9.24 Å². The van der Waals surface area contributed by atoms with E-state index >= 15 is 0 Å². The van der Waals surface area contributed by atoms with Crippen molar-refractivity contribution in [2.45, 2.75) is 6.92 Å². The highest BCUT2D eigenvalue weighted by Gasteiger charge is 2.12. The van der Waals surface area contributed by atoms with Gasteiger partial charge in [0.1, 0.15) is 5.75 Å². The molecule has 6 heteroatoms. The molecular weight excluding hydrogens is 262 g/mol. The number of aromatic hydroxyl groups is 1. The monoisotopic (exact) mass is 271 g/mol. The van der Waals surface area contributed by atoms with Crippen LogP contribution in [-0.4, -0.2) is 13.5 Å². The van der Waals surface area contributed by atoms with Gasteiger partial charge < -0.3 is 5.11 Å². The van der Waals surface area contributed by atoms with Gasteiger partial charge in [0.05, 0.1) is 5.69 Å². The molecule has 0 saturated heterocycles. The zero-order valence-corrected chi connectivity index (χ0v) is 10.5. The molecule has 0 fully saturated rings. The van der Waals surface area contributed by atoms with E-state index in [4.69, 9.17) is 10.7 Å². The van der Waals surface area contributed by atoms with E-state index in [1.165, 1.54) is 6.07 Å². The Morgan fingerprint density at radius 3 is 2.41 bits per heavy atom. The number of rotatable bonds is 2. The lowest BCUT2D eigenvalue weighted by molar-refractivity contribution is 0.477. The second-order valence-corrected chi connectivity index (χ2v) is 5.97. The Morgan fingerprint density at radius 1 is 1.24 bits per heavy atom. The van der Waals surface area contributed by atoms with Gasteiger partial charge in [0.2, 0.25) is 0 Å². The van der Waals surface area contributed by atoms with Crippen LogP contribution in [0.3, 0.4) is 0 Å². The maximum Gasteiger partial charge on any atom is 0.319 e. The Labute approximate surface area is 103 Å². The molecule has 0 amide bonds. The fourth-order valence-electron chi connectivity index (χ4n) is 1.72. The minimum Gasteiger partial charge on any atom is -0.507 e. The number of anilines is 1. The molecule has 2 aromatic carbocycles. The van der Waals surface area contributed by atoms with E-state index in [0.29, 0.717) is 22.0 Å². The normalized spacial score (nSPS) is 11.6. The third-order valence-corrected chi connectivity index (χ3v) is 3.13. The number of benzene rings is 2. The molecule has 0 aliphatic rings. The summed E-state index contributed by atoms with van der Waals surface area (Å²) in [6.07, 6.45) is 0. The van der Waals surface area contributed by atoms with Crippen molar-refractivity contribution in [3.63, 3.8) is 0 Å². The van der Waals surface area contributed by atoms with E-state index in [1.807, 2.05) is 0 Å². The van der Waals surface area contributed by atoms with Crippen LogP contribution in [-0.2, 0) is 9.24 Å². The molecule has 0 aromatic heterocycles. The van der Waals surface area contributed by atoms with Gasteiger partial charge in [-0.2, -0.15) is 8.42 Å². The Morgan fingerprint density at radius 2 is 1.82 bits per heavy atom. The van der Waals surface area contributed by atoms with Crippen molar-refractivity contribution in [3.05, 3.63) is 35.9 Å². The van der Waals surface area contributed by atoms with Crippen molar-refractivity contribution in [3.8, 4) is 5.75 Å². The van der Waals surface area contributed by atoms with Gasteiger partial charge in [0.15, 0.2) is 0 Å². The van der Waals surface area contributed by atoms with E-state index in [9.17, 15) is 13.5 Å². The number of halogens is 1. The van der Waals surface area contributed by atoms with Gasteiger partial charge in [-0.05, 0) is 18.6 Å². The number of aryl methyl sites for hydroxylation is 1. The van der Waals surface area contributed by atoms with Crippen LogP contribution in [0.1, 0.15) is 5.56 Å². The SMILES string of the molecule is Cc1cc(NS(=O)(=O)Cl)c2ccccc2c1O. The predicted molar refractivity (Wildman–Crippen MR) is 68.7 cm³/mol. The van der Waals surface area contributed by atoms with Gasteiger partial charge in [-0.25, -0.2) is 0 Å². The molecule has 4 nitrogen and oxygen atoms in total. The van der Waals surface area contributed by atoms with Crippen LogP contribution in [0, 0.1) is 6.92 Å². The van der Waals surface area contributed by atoms with Gasteiger partial charge in [-0.3, -0.25) is 4.72 Å². The first kappa shape index (κ1) is 12.0. The number of hydrogen-bond donors (Lipinski definition) is 2. The van der Waals surface area contributed by atoms with E-state index < -0.39 is 9.24 Å². The van der Waals surface area contributed by atoms with Gasteiger partial charge in [0, 0.05) is 21.5 Å². The molecule has 0 unspecified atom stereocenters. The first-order valence-electron chi connectivity index (χ1n) is 4.82. The minimum absolute atomic E-state index is 0.137. The van der Waals surface area contributed by atoms with Gasteiger partial charge in [-0.1, -0.05) is 24.3 Å². The molecular formula is C11H10ClNO3S. The maximum absolute atomic E-state index is 11.0. The standard InChI is InChI=1S/C11H10ClNO3S/c1-7-6-10(13-17(12,15)16)8-4-2-3-5-9(8)11(7)14/h2-6,13-14H,1H3. The van der Waals surface area contributed by atoms with E-state index in [1.54, 1.807) is 31.2 Å². The lowest BCUT2D eigenvalue weighted by Gasteiger charge is -2.10. The summed E-state index contributed by atoms with van der Waals surface area (Å²) >= 11 is 0. The molecule has 0 bridgehead atoms. The largest absolute Gasteiger partial charge is 0.507 e. The van der Waals surface area contributed by atoms with Crippen LogP contribution in [0.25, 0.3) is 10.8 Å². The van der Waals surface area contributed by atoms with Crippen LogP contribution in [0.4, 0.5) is 5.69 Å². The molecule has 0 heterocycles.